The van der Waals surface area contributed by atoms with Gasteiger partial charge in [0.2, 0.25) is 17.7 Å². The van der Waals surface area contributed by atoms with E-state index in [2.05, 4.69) is 19.2 Å². The molecule has 0 aromatic heterocycles. The smallest absolute Gasteiger partial charge is 0.328 e. The lowest BCUT2D eigenvalue weighted by molar-refractivity contribution is -0.156. The molecule has 8 nitrogen and oxygen atoms in total. The highest BCUT2D eigenvalue weighted by atomic mass is 16.5. The Balaban J connectivity index is 2.34. The van der Waals surface area contributed by atoms with Crippen LogP contribution in [-0.4, -0.2) is 72.3 Å². The van der Waals surface area contributed by atoms with E-state index in [0.29, 0.717) is 25.8 Å². The number of ether oxygens (including phenoxy) is 1. The van der Waals surface area contributed by atoms with E-state index < -0.39 is 34.9 Å². The summed E-state index contributed by atoms with van der Waals surface area (Å²) in [6.07, 6.45) is 1.84. The molecular formula is C31H49N3O5. The molecule has 0 bridgehead atoms. The predicted molar refractivity (Wildman–Crippen MR) is 153 cm³/mol. The van der Waals surface area contributed by atoms with E-state index in [-0.39, 0.29) is 29.6 Å². The van der Waals surface area contributed by atoms with Crippen LogP contribution in [0.15, 0.2) is 30.3 Å². The Labute approximate surface area is 234 Å². The number of amides is 3. The standard InChI is InChI=1S/C31H49N3O5/c1-11-22(31(7,8)21-16-13-12-14-17-21)26(35)32-25(30(4,5)6)28(37)33(9)24(20(2)3)27(36)34-19-15-18-23(34)29(38)39-10/h12-14,16-17,20,22-25H,11,15,18-19H2,1-10H3,(H,32,35)/t22-,23+,24+,25-/m1/s1. The van der Waals surface area contributed by atoms with E-state index in [1.54, 1.807) is 11.9 Å². The summed E-state index contributed by atoms with van der Waals surface area (Å²) in [7, 11) is 2.93. The van der Waals surface area contributed by atoms with Crippen LogP contribution in [0.3, 0.4) is 0 Å². The van der Waals surface area contributed by atoms with Gasteiger partial charge < -0.3 is 19.9 Å². The third kappa shape index (κ3) is 7.20. The molecule has 0 saturated carbocycles. The first-order valence-corrected chi connectivity index (χ1v) is 14.1. The lowest BCUT2D eigenvalue weighted by atomic mass is 9.71. The molecule has 3 amide bonds. The van der Waals surface area contributed by atoms with E-state index in [1.165, 1.54) is 12.0 Å². The van der Waals surface area contributed by atoms with Crippen molar-refractivity contribution in [3.63, 3.8) is 0 Å². The van der Waals surface area contributed by atoms with Gasteiger partial charge in [-0.25, -0.2) is 4.79 Å². The molecule has 0 spiro atoms. The number of likely N-dealkylation sites (N-methyl/N-ethyl adjacent to an activating group) is 1. The molecule has 1 N–H and O–H groups in total. The second-order valence-corrected chi connectivity index (χ2v) is 12.7. The number of methoxy groups -OCH3 is 1. The van der Waals surface area contributed by atoms with Crippen molar-refractivity contribution in [1.29, 1.82) is 0 Å². The molecule has 1 aromatic rings. The minimum Gasteiger partial charge on any atom is -0.467 e. The van der Waals surface area contributed by atoms with Gasteiger partial charge in [0.15, 0.2) is 0 Å². The summed E-state index contributed by atoms with van der Waals surface area (Å²) in [5.74, 6) is -1.80. The number of benzene rings is 1. The van der Waals surface area contributed by atoms with E-state index >= 15 is 0 Å². The van der Waals surface area contributed by atoms with Crippen molar-refractivity contribution in [3.8, 4) is 0 Å². The number of esters is 1. The topological polar surface area (TPSA) is 96.0 Å². The molecule has 1 saturated heterocycles. The van der Waals surface area contributed by atoms with Crippen LogP contribution in [0.5, 0.6) is 0 Å². The Bertz CT molecular complexity index is 1010. The maximum absolute atomic E-state index is 14.0. The van der Waals surface area contributed by atoms with E-state index in [9.17, 15) is 19.2 Å². The fourth-order valence-corrected chi connectivity index (χ4v) is 5.80. The summed E-state index contributed by atoms with van der Waals surface area (Å²) in [5.41, 5.74) is -0.00537. The molecule has 1 fully saturated rings. The molecule has 0 unspecified atom stereocenters. The van der Waals surface area contributed by atoms with Gasteiger partial charge in [-0.1, -0.05) is 85.7 Å². The normalized spacial score (nSPS) is 18.3. The van der Waals surface area contributed by atoms with Crippen molar-refractivity contribution in [3.05, 3.63) is 35.9 Å². The molecule has 0 aliphatic carbocycles. The van der Waals surface area contributed by atoms with Gasteiger partial charge in [0, 0.05) is 24.9 Å². The molecule has 0 radical (unpaired) electrons. The summed E-state index contributed by atoms with van der Waals surface area (Å²) >= 11 is 0. The second-order valence-electron chi connectivity index (χ2n) is 12.7. The highest BCUT2D eigenvalue weighted by molar-refractivity contribution is 5.94. The Morgan fingerprint density at radius 3 is 2.15 bits per heavy atom. The van der Waals surface area contributed by atoms with Gasteiger partial charge in [0.05, 0.1) is 7.11 Å². The molecule has 4 atom stereocenters. The summed E-state index contributed by atoms with van der Waals surface area (Å²) in [4.78, 5) is 56.9. The molecule has 1 heterocycles. The molecule has 1 aliphatic heterocycles. The van der Waals surface area contributed by atoms with Gasteiger partial charge in [-0.3, -0.25) is 14.4 Å². The molecule has 1 aromatic carbocycles. The Hall–Kier alpha value is -2.90. The molecule has 1 aliphatic rings. The monoisotopic (exact) mass is 543 g/mol. The van der Waals surface area contributed by atoms with Gasteiger partial charge in [-0.15, -0.1) is 0 Å². The van der Waals surface area contributed by atoms with Crippen LogP contribution < -0.4 is 5.32 Å². The first-order valence-electron chi connectivity index (χ1n) is 14.1. The van der Waals surface area contributed by atoms with E-state index in [1.807, 2.05) is 71.9 Å². The Morgan fingerprint density at radius 1 is 1.08 bits per heavy atom. The Morgan fingerprint density at radius 2 is 1.67 bits per heavy atom. The fourth-order valence-electron chi connectivity index (χ4n) is 5.80. The number of nitrogens with one attached hydrogen (secondary N) is 1. The highest BCUT2D eigenvalue weighted by Crippen LogP contribution is 2.35. The number of carbonyl (C=O) groups is 4. The van der Waals surface area contributed by atoms with Crippen LogP contribution >= 0.6 is 0 Å². The zero-order chi connectivity index (χ0) is 29.7. The number of nitrogens with zero attached hydrogens (tertiary/aromatic N) is 2. The van der Waals surface area contributed by atoms with Crippen LogP contribution in [0.25, 0.3) is 0 Å². The fraction of sp³-hybridized carbons (Fsp3) is 0.677. The van der Waals surface area contributed by atoms with Crippen LogP contribution in [0.1, 0.15) is 80.2 Å². The van der Waals surface area contributed by atoms with Gasteiger partial charge in [-0.2, -0.15) is 0 Å². The molecule has 2 rings (SSSR count). The highest BCUT2D eigenvalue weighted by Gasteiger charge is 2.45. The maximum Gasteiger partial charge on any atom is 0.328 e. The quantitative estimate of drug-likeness (QED) is 0.447. The number of hydrogen-bond acceptors (Lipinski definition) is 5. The van der Waals surface area contributed by atoms with Crippen molar-refractivity contribution >= 4 is 23.7 Å². The SMILES string of the molecule is CC[C@H](C(=O)N[C@H](C(=O)N(C)[C@H](C(=O)N1CCC[C@H]1C(=O)OC)C(C)C)C(C)(C)C)C(C)(C)c1ccccc1. The van der Waals surface area contributed by atoms with Gasteiger partial charge in [-0.05, 0) is 36.2 Å². The lowest BCUT2D eigenvalue weighted by Gasteiger charge is -2.40. The zero-order valence-electron chi connectivity index (χ0n) is 25.5. The third-order valence-corrected chi connectivity index (χ3v) is 8.17. The summed E-state index contributed by atoms with van der Waals surface area (Å²) in [6.45, 7) is 16.0. The third-order valence-electron chi connectivity index (χ3n) is 8.17. The van der Waals surface area contributed by atoms with Crippen molar-refractivity contribution in [2.45, 2.75) is 98.2 Å². The number of rotatable bonds is 10. The van der Waals surface area contributed by atoms with Crippen molar-refractivity contribution < 1.29 is 23.9 Å². The van der Waals surface area contributed by atoms with Crippen LogP contribution in [0.4, 0.5) is 0 Å². The van der Waals surface area contributed by atoms with Gasteiger partial charge >= 0.3 is 5.97 Å². The second kappa shape index (κ2) is 13.0. The summed E-state index contributed by atoms with van der Waals surface area (Å²) in [6, 6.07) is 7.65. The minimum absolute atomic E-state index is 0.189. The van der Waals surface area contributed by atoms with Crippen LogP contribution in [-0.2, 0) is 29.3 Å². The van der Waals surface area contributed by atoms with Gasteiger partial charge in [0.1, 0.15) is 18.1 Å². The zero-order valence-corrected chi connectivity index (χ0v) is 25.5. The number of hydrogen-bond donors (Lipinski definition) is 1. The first-order chi connectivity index (χ1) is 18.1. The summed E-state index contributed by atoms with van der Waals surface area (Å²) in [5, 5.41) is 3.07. The predicted octanol–water partition coefficient (Wildman–Crippen LogP) is 4.17. The molecular weight excluding hydrogens is 494 g/mol. The van der Waals surface area contributed by atoms with E-state index in [4.69, 9.17) is 4.74 Å². The minimum atomic E-state index is -0.848. The van der Waals surface area contributed by atoms with Crippen LogP contribution in [0, 0.1) is 17.3 Å². The number of likely N-dealkylation sites (tertiary alicyclic amines) is 1. The molecule has 8 heteroatoms. The van der Waals surface area contributed by atoms with Crippen molar-refractivity contribution in [2.75, 3.05) is 20.7 Å². The first kappa shape index (κ1) is 32.3. The maximum atomic E-state index is 14.0. The summed E-state index contributed by atoms with van der Waals surface area (Å²) < 4.78 is 4.92. The molecule has 39 heavy (non-hydrogen) atoms. The average molecular weight is 544 g/mol. The molecule has 218 valence electrons. The van der Waals surface area contributed by atoms with Crippen molar-refractivity contribution in [2.24, 2.45) is 17.3 Å². The van der Waals surface area contributed by atoms with Crippen molar-refractivity contribution in [1.82, 2.24) is 15.1 Å². The Kier molecular flexibility index (Phi) is 10.7. The van der Waals surface area contributed by atoms with Gasteiger partial charge in [0.25, 0.3) is 0 Å². The lowest BCUT2D eigenvalue weighted by Crippen LogP contribution is -2.61. The average Bonchev–Trinajstić information content (AvgIpc) is 3.36. The number of carbonyl (C=O) groups excluding carboxylic acids is 4. The largest absolute Gasteiger partial charge is 0.467 e. The van der Waals surface area contributed by atoms with E-state index in [0.717, 1.165) is 5.56 Å². The van der Waals surface area contributed by atoms with Crippen LogP contribution in [0.2, 0.25) is 0 Å².